The first-order chi connectivity index (χ1) is 13.3. The minimum atomic E-state index is -3.57. The maximum Gasteiger partial charge on any atom is 0.228 e. The second kappa shape index (κ2) is 8.41. The molecular formula is C21H25FN2O3S. The number of hydrogen-bond acceptors (Lipinski definition) is 3. The molecule has 0 saturated carbocycles. The summed E-state index contributed by atoms with van der Waals surface area (Å²) in [6, 6.07) is 11.3. The molecule has 5 nitrogen and oxygen atoms in total. The number of aryl methyl sites for hydroxylation is 2. The molecule has 2 aromatic carbocycles. The van der Waals surface area contributed by atoms with Gasteiger partial charge >= 0.3 is 0 Å². The summed E-state index contributed by atoms with van der Waals surface area (Å²) in [5.41, 5.74) is 3.28. The van der Waals surface area contributed by atoms with E-state index in [-0.39, 0.29) is 18.2 Å². The Labute approximate surface area is 165 Å². The van der Waals surface area contributed by atoms with Crippen LogP contribution in [0.4, 0.5) is 10.1 Å². The summed E-state index contributed by atoms with van der Waals surface area (Å²) in [6.45, 7) is 4.43. The van der Waals surface area contributed by atoms with Gasteiger partial charge in [-0.3, -0.25) is 4.79 Å². The van der Waals surface area contributed by atoms with E-state index in [1.54, 1.807) is 0 Å². The molecule has 1 heterocycles. The van der Waals surface area contributed by atoms with Crippen LogP contribution in [0.5, 0.6) is 0 Å². The summed E-state index contributed by atoms with van der Waals surface area (Å²) >= 11 is 0. The van der Waals surface area contributed by atoms with Gasteiger partial charge in [0.05, 0.1) is 11.7 Å². The SMILES string of the molecule is Cc1cccc(C)c1NC(=O)C1CCCN(S(=O)(=O)Cc2ccc(F)cc2)C1. The number of anilines is 1. The largest absolute Gasteiger partial charge is 0.325 e. The Kier molecular flexibility index (Phi) is 6.15. The van der Waals surface area contributed by atoms with Gasteiger partial charge in [-0.25, -0.2) is 17.1 Å². The molecule has 3 rings (SSSR count). The van der Waals surface area contributed by atoms with Gasteiger partial charge < -0.3 is 5.32 Å². The normalized spacial score (nSPS) is 18.0. The van der Waals surface area contributed by atoms with E-state index in [0.29, 0.717) is 24.9 Å². The van der Waals surface area contributed by atoms with Crippen molar-refractivity contribution in [1.82, 2.24) is 4.31 Å². The van der Waals surface area contributed by atoms with Gasteiger partial charge in [0.1, 0.15) is 5.82 Å². The van der Waals surface area contributed by atoms with Gasteiger partial charge in [-0.05, 0) is 55.5 Å². The standard InChI is InChI=1S/C21H25FN2O3S/c1-15-5-3-6-16(2)20(15)23-21(25)18-7-4-12-24(13-18)28(26,27)14-17-8-10-19(22)11-9-17/h3,5-6,8-11,18H,4,7,12-14H2,1-2H3,(H,23,25). The first kappa shape index (κ1) is 20.5. The predicted molar refractivity (Wildman–Crippen MR) is 108 cm³/mol. The number of benzene rings is 2. The van der Waals surface area contributed by atoms with Crippen LogP contribution in [-0.4, -0.2) is 31.7 Å². The number of hydrogen-bond donors (Lipinski definition) is 1. The van der Waals surface area contributed by atoms with Crippen molar-refractivity contribution in [3.63, 3.8) is 0 Å². The van der Waals surface area contributed by atoms with Gasteiger partial charge in [0, 0.05) is 18.8 Å². The molecule has 0 aromatic heterocycles. The van der Waals surface area contributed by atoms with Crippen LogP contribution in [0.1, 0.15) is 29.5 Å². The molecule has 1 N–H and O–H groups in total. The number of carbonyl (C=O) groups is 1. The Morgan fingerprint density at radius 3 is 2.43 bits per heavy atom. The number of carbonyl (C=O) groups excluding carboxylic acids is 1. The summed E-state index contributed by atoms with van der Waals surface area (Å²) in [6.07, 6.45) is 1.28. The highest BCUT2D eigenvalue weighted by Crippen LogP contribution is 2.25. The van der Waals surface area contributed by atoms with Crippen LogP contribution in [0.25, 0.3) is 0 Å². The first-order valence-electron chi connectivity index (χ1n) is 9.35. The number of amides is 1. The number of halogens is 1. The zero-order valence-electron chi connectivity index (χ0n) is 16.1. The lowest BCUT2D eigenvalue weighted by atomic mass is 9.98. The number of sulfonamides is 1. The number of nitrogens with one attached hydrogen (secondary N) is 1. The van der Waals surface area contributed by atoms with Crippen molar-refractivity contribution in [3.8, 4) is 0 Å². The second-order valence-corrected chi connectivity index (χ2v) is 9.30. The molecule has 1 aliphatic rings. The average Bonchev–Trinajstić information content (AvgIpc) is 2.66. The van der Waals surface area contributed by atoms with Crippen LogP contribution >= 0.6 is 0 Å². The molecule has 0 bridgehead atoms. The van der Waals surface area contributed by atoms with Crippen LogP contribution in [-0.2, 0) is 20.6 Å². The molecule has 2 aromatic rings. The fraction of sp³-hybridized carbons (Fsp3) is 0.381. The van der Waals surface area contributed by atoms with Crippen LogP contribution in [0, 0.1) is 25.6 Å². The van der Waals surface area contributed by atoms with Gasteiger partial charge in [0.25, 0.3) is 0 Å². The highest BCUT2D eigenvalue weighted by atomic mass is 32.2. The van der Waals surface area contributed by atoms with E-state index >= 15 is 0 Å². The average molecular weight is 405 g/mol. The second-order valence-electron chi connectivity index (χ2n) is 7.34. The zero-order chi connectivity index (χ0) is 20.3. The third kappa shape index (κ3) is 4.77. The molecule has 1 atom stereocenters. The molecule has 0 spiro atoms. The number of piperidine rings is 1. The summed E-state index contributed by atoms with van der Waals surface area (Å²) in [5.74, 6) is -1.14. The van der Waals surface area contributed by atoms with E-state index in [4.69, 9.17) is 0 Å². The summed E-state index contributed by atoms with van der Waals surface area (Å²) in [4.78, 5) is 12.8. The topological polar surface area (TPSA) is 66.5 Å². The Bertz CT molecular complexity index is 938. The minimum absolute atomic E-state index is 0.154. The lowest BCUT2D eigenvalue weighted by Gasteiger charge is -2.31. The Balaban J connectivity index is 1.69. The van der Waals surface area contributed by atoms with Crippen molar-refractivity contribution < 1.29 is 17.6 Å². The van der Waals surface area contributed by atoms with Crippen molar-refractivity contribution in [2.24, 2.45) is 5.92 Å². The molecule has 1 unspecified atom stereocenters. The van der Waals surface area contributed by atoms with Crippen LogP contribution in [0.3, 0.4) is 0 Å². The third-order valence-electron chi connectivity index (χ3n) is 5.14. The van der Waals surface area contributed by atoms with E-state index in [2.05, 4.69) is 5.32 Å². The molecule has 28 heavy (non-hydrogen) atoms. The quantitative estimate of drug-likeness (QED) is 0.828. The molecule has 0 aliphatic carbocycles. The Hall–Kier alpha value is -2.25. The van der Waals surface area contributed by atoms with Crippen LogP contribution < -0.4 is 5.32 Å². The van der Waals surface area contributed by atoms with Crippen molar-refractivity contribution in [2.45, 2.75) is 32.4 Å². The highest BCUT2D eigenvalue weighted by molar-refractivity contribution is 7.88. The monoisotopic (exact) mass is 404 g/mol. The molecule has 1 fully saturated rings. The van der Waals surface area contributed by atoms with E-state index < -0.39 is 21.8 Å². The number of nitrogens with zero attached hydrogens (tertiary/aromatic N) is 1. The highest BCUT2D eigenvalue weighted by Gasteiger charge is 2.32. The fourth-order valence-corrected chi connectivity index (χ4v) is 5.14. The molecule has 0 radical (unpaired) electrons. The summed E-state index contributed by atoms with van der Waals surface area (Å²) < 4.78 is 40.0. The fourth-order valence-electron chi connectivity index (χ4n) is 3.53. The Morgan fingerprint density at radius 2 is 1.79 bits per heavy atom. The molecule has 1 aliphatic heterocycles. The van der Waals surface area contributed by atoms with Crippen LogP contribution in [0.15, 0.2) is 42.5 Å². The third-order valence-corrected chi connectivity index (χ3v) is 6.96. The van der Waals surface area contributed by atoms with Crippen molar-refractivity contribution in [2.75, 3.05) is 18.4 Å². The maximum absolute atomic E-state index is 13.0. The van der Waals surface area contributed by atoms with Gasteiger partial charge in [-0.2, -0.15) is 0 Å². The number of rotatable bonds is 5. The Morgan fingerprint density at radius 1 is 1.14 bits per heavy atom. The van der Waals surface area contributed by atoms with Crippen LogP contribution in [0.2, 0.25) is 0 Å². The molecule has 1 amide bonds. The summed E-state index contributed by atoms with van der Waals surface area (Å²) in [5, 5.41) is 2.97. The van der Waals surface area contributed by atoms with Crippen molar-refractivity contribution in [1.29, 1.82) is 0 Å². The zero-order valence-corrected chi connectivity index (χ0v) is 16.9. The smallest absolute Gasteiger partial charge is 0.228 e. The van der Waals surface area contributed by atoms with Gasteiger partial charge in [0.15, 0.2) is 0 Å². The minimum Gasteiger partial charge on any atom is -0.325 e. The van der Waals surface area contributed by atoms with Gasteiger partial charge in [0.2, 0.25) is 15.9 Å². The van der Waals surface area contributed by atoms with Gasteiger partial charge in [-0.1, -0.05) is 30.3 Å². The van der Waals surface area contributed by atoms with Gasteiger partial charge in [-0.15, -0.1) is 0 Å². The van der Waals surface area contributed by atoms with E-state index in [9.17, 15) is 17.6 Å². The molecular weight excluding hydrogens is 379 g/mol. The van der Waals surface area contributed by atoms with E-state index in [1.165, 1.54) is 28.6 Å². The van der Waals surface area contributed by atoms with E-state index in [0.717, 1.165) is 16.8 Å². The van der Waals surface area contributed by atoms with E-state index in [1.807, 2.05) is 32.0 Å². The summed E-state index contributed by atoms with van der Waals surface area (Å²) in [7, 11) is -3.57. The number of para-hydroxylation sites is 1. The molecule has 1 saturated heterocycles. The van der Waals surface area contributed by atoms with Crippen molar-refractivity contribution >= 4 is 21.6 Å². The van der Waals surface area contributed by atoms with Crippen molar-refractivity contribution in [3.05, 3.63) is 65.0 Å². The molecule has 150 valence electrons. The molecule has 7 heteroatoms. The lowest BCUT2D eigenvalue weighted by molar-refractivity contribution is -0.120. The first-order valence-corrected chi connectivity index (χ1v) is 11.0. The lowest BCUT2D eigenvalue weighted by Crippen LogP contribution is -2.44. The predicted octanol–water partition coefficient (Wildman–Crippen LogP) is 3.62. The maximum atomic E-state index is 13.0.